The van der Waals surface area contributed by atoms with Gasteiger partial charge in [0.05, 0.1) is 30.5 Å². The van der Waals surface area contributed by atoms with Gasteiger partial charge in [0.25, 0.3) is 0 Å². The van der Waals surface area contributed by atoms with E-state index < -0.39 is 17.3 Å². The van der Waals surface area contributed by atoms with Crippen LogP contribution in [-0.2, 0) is 9.47 Å². The van der Waals surface area contributed by atoms with Gasteiger partial charge in [-0.15, -0.1) is 0 Å². The number of nitrogens with zero attached hydrogens (tertiary/aromatic N) is 1. The second-order valence-corrected chi connectivity index (χ2v) is 6.34. The molecular weight excluding hydrogens is 262 g/mol. The van der Waals surface area contributed by atoms with E-state index in [0.717, 1.165) is 13.1 Å². The van der Waals surface area contributed by atoms with Crippen LogP contribution in [0.3, 0.4) is 0 Å². The summed E-state index contributed by atoms with van der Waals surface area (Å²) in [5.74, 6) is 0. The Morgan fingerprint density at radius 1 is 1.20 bits per heavy atom. The van der Waals surface area contributed by atoms with Gasteiger partial charge in [-0.2, -0.15) is 0 Å². The van der Waals surface area contributed by atoms with Gasteiger partial charge in [-0.05, 0) is 12.8 Å². The smallest absolute Gasteiger partial charge is 0.0927 e. The molecule has 2 unspecified atom stereocenters. The van der Waals surface area contributed by atoms with Crippen molar-refractivity contribution in [2.24, 2.45) is 0 Å². The van der Waals surface area contributed by atoms with E-state index in [4.69, 9.17) is 9.47 Å². The molecule has 6 nitrogen and oxygen atoms in total. The quantitative estimate of drug-likeness (QED) is 0.603. The largest absolute Gasteiger partial charge is 0.392 e. The summed E-state index contributed by atoms with van der Waals surface area (Å²) in [5, 5.41) is 30.5. The molecule has 0 amide bonds. The predicted octanol–water partition coefficient (Wildman–Crippen LogP) is -0.638. The molecule has 2 fully saturated rings. The van der Waals surface area contributed by atoms with Gasteiger partial charge >= 0.3 is 0 Å². The Morgan fingerprint density at radius 2 is 1.90 bits per heavy atom. The molecule has 0 aromatic heterocycles. The van der Waals surface area contributed by atoms with E-state index >= 15 is 0 Å². The minimum absolute atomic E-state index is 0.317. The summed E-state index contributed by atoms with van der Waals surface area (Å²) < 4.78 is 10.2. The summed E-state index contributed by atoms with van der Waals surface area (Å²) >= 11 is 0. The van der Waals surface area contributed by atoms with E-state index in [2.05, 4.69) is 4.90 Å². The molecule has 20 heavy (non-hydrogen) atoms. The first-order chi connectivity index (χ1) is 9.45. The highest BCUT2D eigenvalue weighted by atomic mass is 16.5. The first-order valence-corrected chi connectivity index (χ1v) is 7.37. The van der Waals surface area contributed by atoms with Crippen LogP contribution >= 0.6 is 0 Å². The summed E-state index contributed by atoms with van der Waals surface area (Å²) in [4.78, 5) is 2.13. The molecule has 0 aliphatic carbocycles. The second-order valence-electron chi connectivity index (χ2n) is 6.34. The number of rotatable bonds is 6. The van der Waals surface area contributed by atoms with Crippen molar-refractivity contribution in [2.45, 2.75) is 43.0 Å². The lowest BCUT2D eigenvalue weighted by molar-refractivity contribution is -0.0792. The van der Waals surface area contributed by atoms with Gasteiger partial charge in [-0.3, -0.25) is 0 Å². The van der Waals surface area contributed by atoms with E-state index in [9.17, 15) is 15.3 Å². The Kier molecular flexibility index (Phi) is 5.39. The molecule has 0 bridgehead atoms. The van der Waals surface area contributed by atoms with Crippen LogP contribution < -0.4 is 0 Å². The molecule has 3 N–H and O–H groups in total. The third kappa shape index (κ3) is 4.38. The average molecular weight is 289 g/mol. The van der Waals surface area contributed by atoms with Crippen molar-refractivity contribution in [1.29, 1.82) is 0 Å². The standard InChI is InChI=1S/C14H27NO5/c1-19-10-13(17)2-5-15(6-3-13)9-12(16)8-14(18)4-7-20-11-14/h12,16-18H,2-11H2,1H3. The molecule has 2 saturated heterocycles. The molecule has 2 heterocycles. The minimum atomic E-state index is -0.869. The van der Waals surface area contributed by atoms with Crippen LogP contribution in [0.1, 0.15) is 25.7 Å². The summed E-state index contributed by atoms with van der Waals surface area (Å²) in [6.07, 6.45) is 1.70. The van der Waals surface area contributed by atoms with Crippen molar-refractivity contribution in [1.82, 2.24) is 4.90 Å². The number of likely N-dealkylation sites (tertiary alicyclic amines) is 1. The maximum absolute atomic E-state index is 10.2. The van der Waals surface area contributed by atoms with Crippen molar-refractivity contribution < 1.29 is 24.8 Å². The summed E-state index contributed by atoms with van der Waals surface area (Å²) in [6, 6.07) is 0. The predicted molar refractivity (Wildman–Crippen MR) is 73.5 cm³/mol. The van der Waals surface area contributed by atoms with E-state index in [-0.39, 0.29) is 0 Å². The zero-order valence-corrected chi connectivity index (χ0v) is 12.3. The van der Waals surface area contributed by atoms with Gasteiger partial charge < -0.3 is 29.7 Å². The highest BCUT2D eigenvalue weighted by molar-refractivity contribution is 4.89. The van der Waals surface area contributed by atoms with Gasteiger partial charge in [0.15, 0.2) is 0 Å². The Bertz CT molecular complexity index is 298. The molecule has 0 radical (unpaired) electrons. The van der Waals surface area contributed by atoms with Crippen LogP contribution in [-0.4, -0.2) is 84.1 Å². The van der Waals surface area contributed by atoms with E-state index in [1.165, 1.54) is 0 Å². The first kappa shape index (κ1) is 16.1. The fourth-order valence-corrected chi connectivity index (χ4v) is 3.12. The molecule has 2 atom stereocenters. The van der Waals surface area contributed by atoms with Gasteiger partial charge in [0.2, 0.25) is 0 Å². The second kappa shape index (κ2) is 6.68. The van der Waals surface area contributed by atoms with Crippen molar-refractivity contribution in [3.63, 3.8) is 0 Å². The van der Waals surface area contributed by atoms with Crippen LogP contribution in [0.4, 0.5) is 0 Å². The zero-order chi connectivity index (χ0) is 14.6. The number of hydrogen-bond acceptors (Lipinski definition) is 6. The molecule has 0 aromatic rings. The highest BCUT2D eigenvalue weighted by Gasteiger charge is 2.36. The summed E-state index contributed by atoms with van der Waals surface area (Å²) in [6.45, 7) is 3.26. The molecule has 6 heteroatoms. The molecule has 2 rings (SSSR count). The topological polar surface area (TPSA) is 82.4 Å². The van der Waals surface area contributed by atoms with Crippen molar-refractivity contribution in [2.75, 3.05) is 46.6 Å². The number of β-amino-alcohol motifs (C(OH)–C–C–N with tert-alkyl or cyclic N) is 1. The third-order valence-electron chi connectivity index (χ3n) is 4.37. The lowest BCUT2D eigenvalue weighted by atomic mass is 9.91. The Labute approximate surface area is 120 Å². The van der Waals surface area contributed by atoms with Crippen LogP contribution in [0.15, 0.2) is 0 Å². The lowest BCUT2D eigenvalue weighted by Crippen LogP contribution is -2.49. The van der Waals surface area contributed by atoms with Gasteiger partial charge in [-0.25, -0.2) is 0 Å². The third-order valence-corrected chi connectivity index (χ3v) is 4.37. The van der Waals surface area contributed by atoms with Gasteiger partial charge in [-0.1, -0.05) is 0 Å². The number of aliphatic hydroxyl groups excluding tert-OH is 1. The van der Waals surface area contributed by atoms with Gasteiger partial charge in [0.1, 0.15) is 0 Å². The fraction of sp³-hybridized carbons (Fsp3) is 1.00. The summed E-state index contributed by atoms with van der Waals surface area (Å²) in [5.41, 5.74) is -1.60. The Morgan fingerprint density at radius 3 is 2.45 bits per heavy atom. The van der Waals surface area contributed by atoms with Crippen LogP contribution in [0, 0.1) is 0 Å². The number of ether oxygens (including phenoxy) is 2. The number of hydrogen-bond donors (Lipinski definition) is 3. The SMILES string of the molecule is COCC1(O)CCN(CC(O)CC2(O)CCOC2)CC1. The average Bonchev–Trinajstić information content (AvgIpc) is 2.79. The Balaban J connectivity index is 1.72. The molecule has 118 valence electrons. The van der Waals surface area contributed by atoms with Crippen LogP contribution in [0.5, 0.6) is 0 Å². The minimum Gasteiger partial charge on any atom is -0.392 e. The van der Waals surface area contributed by atoms with E-state index in [0.29, 0.717) is 52.0 Å². The van der Waals surface area contributed by atoms with Crippen molar-refractivity contribution >= 4 is 0 Å². The molecule has 2 aliphatic rings. The lowest BCUT2D eigenvalue weighted by Gasteiger charge is -2.38. The van der Waals surface area contributed by atoms with Crippen molar-refractivity contribution in [3.05, 3.63) is 0 Å². The zero-order valence-electron chi connectivity index (χ0n) is 12.3. The van der Waals surface area contributed by atoms with Crippen LogP contribution in [0.25, 0.3) is 0 Å². The molecular formula is C14H27NO5. The maximum Gasteiger partial charge on any atom is 0.0927 e. The first-order valence-electron chi connectivity index (χ1n) is 7.37. The number of aliphatic hydroxyl groups is 3. The molecule has 0 saturated carbocycles. The summed E-state index contributed by atoms with van der Waals surface area (Å²) in [7, 11) is 1.60. The monoisotopic (exact) mass is 289 g/mol. The van der Waals surface area contributed by atoms with E-state index in [1.807, 2.05) is 0 Å². The molecule has 0 spiro atoms. The molecule has 2 aliphatic heterocycles. The van der Waals surface area contributed by atoms with Crippen molar-refractivity contribution in [3.8, 4) is 0 Å². The number of piperidine rings is 1. The number of methoxy groups -OCH3 is 1. The normalized spacial score (nSPS) is 32.4. The highest BCUT2D eigenvalue weighted by Crippen LogP contribution is 2.26. The maximum atomic E-state index is 10.2. The van der Waals surface area contributed by atoms with Gasteiger partial charge in [0, 0.05) is 46.2 Å². The fourth-order valence-electron chi connectivity index (χ4n) is 3.12. The van der Waals surface area contributed by atoms with Crippen LogP contribution in [0.2, 0.25) is 0 Å². The molecule has 0 aromatic carbocycles. The van der Waals surface area contributed by atoms with E-state index in [1.54, 1.807) is 7.11 Å². The Hall–Kier alpha value is -0.240.